The predicted octanol–water partition coefficient (Wildman–Crippen LogP) is -0.567. The average Bonchev–Trinajstić information content (AvgIpc) is 2.79. The Labute approximate surface area is 119 Å². The molecule has 0 aliphatic carbocycles. The quantitative estimate of drug-likeness (QED) is 0.757. The van der Waals surface area contributed by atoms with Gasteiger partial charge in [0.15, 0.2) is 14.4 Å². The van der Waals surface area contributed by atoms with E-state index in [4.69, 9.17) is 0 Å². The molecule has 11 heteroatoms. The molecule has 1 aliphatic heterocycles. The van der Waals surface area contributed by atoms with E-state index in [1.54, 1.807) is 0 Å². The highest BCUT2D eigenvalue weighted by Crippen LogP contribution is 2.21. The topological polar surface area (TPSA) is 111 Å². The van der Waals surface area contributed by atoms with Crippen LogP contribution in [0.15, 0.2) is 9.63 Å². The molecule has 108 valence electrons. The summed E-state index contributed by atoms with van der Waals surface area (Å²) in [6.45, 7) is -0.123. The van der Waals surface area contributed by atoms with E-state index in [0.717, 1.165) is 4.68 Å². The standard InChI is InChI=1S/C8H13BrN4O4S2/c1-13-8(7(9)11-12-13)19(16,17)10-5-6-3-2-4-18(6,14)15/h6,10H,2-5H2,1H3. The molecule has 1 N–H and O–H groups in total. The molecular weight excluding hydrogens is 360 g/mol. The van der Waals surface area contributed by atoms with Gasteiger partial charge in [0.1, 0.15) is 0 Å². The third-order valence-electron chi connectivity index (χ3n) is 2.96. The molecule has 2 rings (SSSR count). The van der Waals surface area contributed by atoms with Crippen LogP contribution in [-0.4, -0.2) is 49.4 Å². The van der Waals surface area contributed by atoms with Gasteiger partial charge in [-0.15, -0.1) is 5.10 Å². The summed E-state index contributed by atoms with van der Waals surface area (Å²) in [7, 11) is -5.57. The Kier molecular flexibility index (Phi) is 4.00. The normalized spacial score (nSPS) is 22.7. The summed E-state index contributed by atoms with van der Waals surface area (Å²) >= 11 is 3.00. The number of sulfonamides is 1. The van der Waals surface area contributed by atoms with Gasteiger partial charge in [-0.25, -0.2) is 26.2 Å². The van der Waals surface area contributed by atoms with Crippen LogP contribution in [0.1, 0.15) is 12.8 Å². The van der Waals surface area contributed by atoms with Crippen LogP contribution in [0.5, 0.6) is 0 Å². The number of nitrogens with zero attached hydrogens (tertiary/aromatic N) is 3. The van der Waals surface area contributed by atoms with Crippen LogP contribution >= 0.6 is 15.9 Å². The van der Waals surface area contributed by atoms with E-state index in [-0.39, 0.29) is 21.9 Å². The Bertz CT molecular complexity index is 662. The zero-order chi connectivity index (χ0) is 14.3. The minimum absolute atomic E-state index is 0.0942. The molecule has 0 radical (unpaired) electrons. The first-order valence-corrected chi connectivity index (χ1v) is 9.49. The van der Waals surface area contributed by atoms with Crippen molar-refractivity contribution in [3.8, 4) is 0 Å². The molecule has 1 atom stereocenters. The van der Waals surface area contributed by atoms with Gasteiger partial charge in [0.05, 0.1) is 11.0 Å². The molecule has 19 heavy (non-hydrogen) atoms. The number of halogens is 1. The Morgan fingerprint density at radius 1 is 1.53 bits per heavy atom. The van der Waals surface area contributed by atoms with Crippen molar-refractivity contribution in [2.24, 2.45) is 7.05 Å². The molecule has 2 heterocycles. The van der Waals surface area contributed by atoms with E-state index >= 15 is 0 Å². The summed E-state index contributed by atoms with van der Waals surface area (Å²) in [6.07, 6.45) is 1.06. The van der Waals surface area contributed by atoms with Crippen LogP contribution in [0.3, 0.4) is 0 Å². The number of rotatable bonds is 4. The van der Waals surface area contributed by atoms with Gasteiger partial charge in [-0.1, -0.05) is 5.21 Å². The third kappa shape index (κ3) is 2.98. The number of nitrogens with one attached hydrogen (secondary N) is 1. The van der Waals surface area contributed by atoms with E-state index in [1.165, 1.54) is 7.05 Å². The largest absolute Gasteiger partial charge is 0.260 e. The van der Waals surface area contributed by atoms with Gasteiger partial charge in [-0.05, 0) is 28.8 Å². The summed E-state index contributed by atoms with van der Waals surface area (Å²) in [4.78, 5) is 0. The number of hydrogen-bond donors (Lipinski definition) is 1. The molecule has 0 aromatic carbocycles. The first-order chi connectivity index (χ1) is 8.74. The van der Waals surface area contributed by atoms with Gasteiger partial charge >= 0.3 is 0 Å². The zero-order valence-corrected chi connectivity index (χ0v) is 13.3. The molecule has 0 amide bonds. The molecule has 0 saturated carbocycles. The average molecular weight is 373 g/mol. The molecule has 1 aliphatic rings. The van der Waals surface area contributed by atoms with Crippen molar-refractivity contribution >= 4 is 35.8 Å². The molecule has 1 aromatic heterocycles. The fraction of sp³-hybridized carbons (Fsp3) is 0.750. The van der Waals surface area contributed by atoms with E-state index in [1.807, 2.05) is 0 Å². The van der Waals surface area contributed by atoms with Gasteiger partial charge in [-0.2, -0.15) is 0 Å². The SMILES string of the molecule is Cn1nnc(Br)c1S(=O)(=O)NCC1CCCS1(=O)=O. The maximum absolute atomic E-state index is 12.1. The fourth-order valence-corrected chi connectivity index (χ4v) is 6.01. The van der Waals surface area contributed by atoms with E-state index in [0.29, 0.717) is 12.8 Å². The van der Waals surface area contributed by atoms with Gasteiger partial charge in [0, 0.05) is 13.6 Å². The number of hydrogen-bond acceptors (Lipinski definition) is 6. The van der Waals surface area contributed by atoms with Crippen molar-refractivity contribution in [2.75, 3.05) is 12.3 Å². The maximum atomic E-state index is 12.1. The summed E-state index contributed by atoms with van der Waals surface area (Å²) in [6, 6.07) is 0. The Hall–Kier alpha value is -0.520. The zero-order valence-electron chi connectivity index (χ0n) is 10.1. The second-order valence-corrected chi connectivity index (χ2v) is 9.13. The van der Waals surface area contributed by atoms with Crippen LogP contribution in [0.2, 0.25) is 0 Å². The molecule has 0 spiro atoms. The van der Waals surface area contributed by atoms with Crippen LogP contribution in [-0.2, 0) is 26.9 Å². The number of aromatic nitrogens is 3. The summed E-state index contributed by atoms with van der Waals surface area (Å²) < 4.78 is 50.9. The van der Waals surface area contributed by atoms with Gasteiger partial charge in [-0.3, -0.25) is 0 Å². The van der Waals surface area contributed by atoms with Crippen molar-refractivity contribution in [3.05, 3.63) is 4.60 Å². The highest BCUT2D eigenvalue weighted by Gasteiger charge is 2.33. The lowest BCUT2D eigenvalue weighted by molar-refractivity contribution is 0.555. The van der Waals surface area contributed by atoms with Crippen molar-refractivity contribution in [2.45, 2.75) is 23.1 Å². The van der Waals surface area contributed by atoms with E-state index < -0.39 is 25.1 Å². The molecule has 1 unspecified atom stereocenters. The van der Waals surface area contributed by atoms with Crippen LogP contribution in [0, 0.1) is 0 Å². The second-order valence-electron chi connectivity index (χ2n) is 4.29. The molecule has 0 bridgehead atoms. The van der Waals surface area contributed by atoms with Crippen LogP contribution in [0.25, 0.3) is 0 Å². The molecule has 8 nitrogen and oxygen atoms in total. The monoisotopic (exact) mass is 372 g/mol. The summed E-state index contributed by atoms with van der Waals surface area (Å²) in [5.74, 6) is 0.121. The minimum Gasteiger partial charge on any atom is -0.235 e. The Morgan fingerprint density at radius 2 is 2.21 bits per heavy atom. The molecule has 1 fully saturated rings. The number of sulfone groups is 1. The van der Waals surface area contributed by atoms with E-state index in [9.17, 15) is 16.8 Å². The first-order valence-electron chi connectivity index (χ1n) is 5.50. The van der Waals surface area contributed by atoms with Crippen molar-refractivity contribution in [1.82, 2.24) is 19.7 Å². The van der Waals surface area contributed by atoms with Gasteiger partial charge in [0.2, 0.25) is 5.03 Å². The highest BCUT2D eigenvalue weighted by molar-refractivity contribution is 9.10. The summed E-state index contributed by atoms with van der Waals surface area (Å²) in [5, 5.41) is 6.38. The summed E-state index contributed by atoms with van der Waals surface area (Å²) in [5.41, 5.74) is 0. The van der Waals surface area contributed by atoms with Crippen molar-refractivity contribution in [1.29, 1.82) is 0 Å². The van der Waals surface area contributed by atoms with Crippen molar-refractivity contribution in [3.63, 3.8) is 0 Å². The van der Waals surface area contributed by atoms with Gasteiger partial charge in [0.25, 0.3) is 10.0 Å². The number of aryl methyl sites for hydroxylation is 1. The highest BCUT2D eigenvalue weighted by atomic mass is 79.9. The maximum Gasteiger partial charge on any atom is 0.260 e. The predicted molar refractivity (Wildman–Crippen MR) is 70.7 cm³/mol. The lowest BCUT2D eigenvalue weighted by Crippen LogP contribution is -2.35. The molecule has 1 saturated heterocycles. The molecular formula is C8H13BrN4O4S2. The first kappa shape index (κ1) is 14.9. The Balaban J connectivity index is 2.16. The third-order valence-corrected chi connectivity index (χ3v) is 7.54. The lowest BCUT2D eigenvalue weighted by Gasteiger charge is -2.11. The van der Waals surface area contributed by atoms with Crippen LogP contribution < -0.4 is 4.72 Å². The minimum atomic E-state index is -3.84. The molecule has 1 aromatic rings. The second kappa shape index (κ2) is 5.11. The fourth-order valence-electron chi connectivity index (χ4n) is 1.97. The van der Waals surface area contributed by atoms with Crippen molar-refractivity contribution < 1.29 is 16.8 Å². The van der Waals surface area contributed by atoms with Crippen LogP contribution in [0.4, 0.5) is 0 Å². The smallest absolute Gasteiger partial charge is 0.235 e. The lowest BCUT2D eigenvalue weighted by atomic mass is 10.2. The Morgan fingerprint density at radius 3 is 2.68 bits per heavy atom. The van der Waals surface area contributed by atoms with E-state index in [2.05, 4.69) is 31.0 Å². The van der Waals surface area contributed by atoms with Gasteiger partial charge < -0.3 is 0 Å².